The fraction of sp³-hybridized carbons (Fsp3) is 0.355. The minimum Gasteiger partial charge on any atom is -0.497 e. The van der Waals surface area contributed by atoms with Gasteiger partial charge in [0, 0.05) is 13.1 Å². The first-order valence-corrected chi connectivity index (χ1v) is 14.8. The molecule has 0 aliphatic heterocycles. The zero-order valence-electron chi connectivity index (χ0n) is 24.1. The lowest BCUT2D eigenvalue weighted by molar-refractivity contribution is -0.139. The Morgan fingerprint density at radius 3 is 2.12 bits per heavy atom. The van der Waals surface area contributed by atoms with Gasteiger partial charge in [0.05, 0.1) is 17.7 Å². The number of nitrogens with one attached hydrogen (secondary N) is 1. The highest BCUT2D eigenvalue weighted by Crippen LogP contribution is 2.28. The monoisotopic (exact) mass is 565 g/mol. The zero-order valence-corrected chi connectivity index (χ0v) is 24.9. The normalized spacial score (nSPS) is 11.9. The Morgan fingerprint density at radius 2 is 1.55 bits per heavy atom. The molecule has 1 unspecified atom stereocenters. The molecule has 0 heterocycles. The highest BCUT2D eigenvalue weighted by atomic mass is 32.2. The van der Waals surface area contributed by atoms with E-state index in [1.165, 1.54) is 4.90 Å². The molecule has 3 aromatic rings. The first kappa shape index (κ1) is 30.7. The van der Waals surface area contributed by atoms with Gasteiger partial charge in [0.2, 0.25) is 11.8 Å². The third-order valence-electron chi connectivity index (χ3n) is 6.74. The molecule has 214 valence electrons. The van der Waals surface area contributed by atoms with Crippen LogP contribution in [0.2, 0.25) is 0 Å². The van der Waals surface area contributed by atoms with Crippen LogP contribution < -0.4 is 14.4 Å². The third kappa shape index (κ3) is 7.41. The van der Waals surface area contributed by atoms with Crippen molar-refractivity contribution < 1.29 is 22.7 Å². The summed E-state index contributed by atoms with van der Waals surface area (Å²) >= 11 is 0. The van der Waals surface area contributed by atoms with Crippen LogP contribution in [0.3, 0.4) is 0 Å². The summed E-state index contributed by atoms with van der Waals surface area (Å²) in [6.07, 6.45) is 0.750. The maximum atomic E-state index is 14.0. The van der Waals surface area contributed by atoms with Crippen LogP contribution in [0.15, 0.2) is 71.6 Å². The number of ether oxygens (including phenoxy) is 1. The van der Waals surface area contributed by atoms with Crippen molar-refractivity contribution in [1.82, 2.24) is 10.2 Å². The van der Waals surface area contributed by atoms with E-state index in [2.05, 4.69) is 5.32 Å². The van der Waals surface area contributed by atoms with Crippen molar-refractivity contribution in [3.05, 3.63) is 89.0 Å². The molecule has 3 rings (SSSR count). The van der Waals surface area contributed by atoms with Crippen LogP contribution in [-0.2, 0) is 26.2 Å². The van der Waals surface area contributed by atoms with Gasteiger partial charge in [0.25, 0.3) is 10.0 Å². The summed E-state index contributed by atoms with van der Waals surface area (Å²) in [5, 5.41) is 2.85. The first-order chi connectivity index (χ1) is 19.0. The third-order valence-corrected chi connectivity index (χ3v) is 8.51. The van der Waals surface area contributed by atoms with Crippen LogP contribution in [0, 0.1) is 20.8 Å². The van der Waals surface area contributed by atoms with Crippen LogP contribution in [0.1, 0.15) is 42.5 Å². The quantitative estimate of drug-likeness (QED) is 0.342. The van der Waals surface area contributed by atoms with Gasteiger partial charge in [0.1, 0.15) is 18.3 Å². The number of aryl methyl sites for hydroxylation is 3. The molecule has 0 aliphatic rings. The van der Waals surface area contributed by atoms with Crippen molar-refractivity contribution in [2.24, 2.45) is 0 Å². The number of benzene rings is 3. The molecule has 1 N–H and O–H groups in total. The summed E-state index contributed by atoms with van der Waals surface area (Å²) in [4.78, 5) is 28.5. The number of methoxy groups -OCH3 is 1. The van der Waals surface area contributed by atoms with Gasteiger partial charge in [-0.2, -0.15) is 0 Å². The Labute approximate surface area is 238 Å². The fourth-order valence-electron chi connectivity index (χ4n) is 4.34. The number of sulfonamides is 1. The maximum absolute atomic E-state index is 14.0. The molecule has 2 amide bonds. The number of hydrogen-bond donors (Lipinski definition) is 1. The molecule has 0 spiro atoms. The van der Waals surface area contributed by atoms with Gasteiger partial charge >= 0.3 is 0 Å². The lowest BCUT2D eigenvalue weighted by atomic mass is 10.1. The van der Waals surface area contributed by atoms with Gasteiger partial charge in [-0.25, -0.2) is 8.42 Å². The molecule has 0 saturated heterocycles. The molecule has 1 atom stereocenters. The fourth-order valence-corrected chi connectivity index (χ4v) is 5.82. The lowest BCUT2D eigenvalue weighted by Crippen LogP contribution is -2.51. The van der Waals surface area contributed by atoms with Crippen molar-refractivity contribution in [1.29, 1.82) is 0 Å². The van der Waals surface area contributed by atoms with Crippen LogP contribution in [0.4, 0.5) is 5.69 Å². The van der Waals surface area contributed by atoms with Gasteiger partial charge in [-0.3, -0.25) is 13.9 Å². The maximum Gasteiger partial charge on any atom is 0.264 e. The molecule has 0 radical (unpaired) electrons. The molecular weight excluding hydrogens is 526 g/mol. The molecule has 0 saturated carbocycles. The smallest absolute Gasteiger partial charge is 0.264 e. The number of anilines is 1. The van der Waals surface area contributed by atoms with Gasteiger partial charge < -0.3 is 15.0 Å². The summed E-state index contributed by atoms with van der Waals surface area (Å²) in [6, 6.07) is 18.3. The molecule has 3 aromatic carbocycles. The summed E-state index contributed by atoms with van der Waals surface area (Å²) in [5.41, 5.74) is 3.81. The van der Waals surface area contributed by atoms with E-state index >= 15 is 0 Å². The second-order valence-corrected chi connectivity index (χ2v) is 11.8. The molecule has 0 aliphatic carbocycles. The molecule has 9 heteroatoms. The standard InChI is InChI=1S/C31H39N3O5S/c1-7-18-32-31(36)25(5)33(20-26-11-13-27(39-6)14-12-26)30(35)21-34(29-17-10-23(3)19-24(29)4)40(37,38)28-15-8-22(2)9-16-28/h8-17,19,25H,7,18,20-21H2,1-6H3,(H,32,36). The van der Waals surface area contributed by atoms with Crippen molar-refractivity contribution in [3.63, 3.8) is 0 Å². The highest BCUT2D eigenvalue weighted by Gasteiger charge is 2.33. The largest absolute Gasteiger partial charge is 0.497 e. The van der Waals surface area contributed by atoms with Crippen molar-refractivity contribution in [2.45, 2.75) is 58.5 Å². The lowest BCUT2D eigenvalue weighted by Gasteiger charge is -2.32. The summed E-state index contributed by atoms with van der Waals surface area (Å²) in [5.74, 6) is -0.130. The second-order valence-electron chi connectivity index (χ2n) is 9.95. The number of carbonyl (C=O) groups is 2. The Kier molecular flexibility index (Phi) is 10.3. The van der Waals surface area contributed by atoms with Crippen molar-refractivity contribution >= 4 is 27.5 Å². The van der Waals surface area contributed by atoms with E-state index in [-0.39, 0.29) is 17.3 Å². The minimum atomic E-state index is -4.11. The number of nitrogens with zero attached hydrogens (tertiary/aromatic N) is 2. The molecular formula is C31H39N3O5S. The van der Waals surface area contributed by atoms with Gasteiger partial charge in [-0.1, -0.05) is 54.4 Å². The topological polar surface area (TPSA) is 96.0 Å². The van der Waals surface area contributed by atoms with Gasteiger partial charge in [0.15, 0.2) is 0 Å². The molecule has 40 heavy (non-hydrogen) atoms. The van der Waals surface area contributed by atoms with E-state index in [9.17, 15) is 18.0 Å². The van der Waals surface area contributed by atoms with Crippen molar-refractivity contribution in [3.8, 4) is 5.75 Å². The Morgan fingerprint density at radius 1 is 0.925 bits per heavy atom. The number of hydrogen-bond acceptors (Lipinski definition) is 5. The van der Waals surface area contributed by atoms with E-state index in [1.807, 2.05) is 52.0 Å². The van der Waals surface area contributed by atoms with E-state index in [0.717, 1.165) is 33.0 Å². The minimum absolute atomic E-state index is 0.0846. The number of rotatable bonds is 12. The summed E-state index contributed by atoms with van der Waals surface area (Å²) < 4.78 is 34.3. The second kappa shape index (κ2) is 13.5. The molecule has 0 fully saturated rings. The SMILES string of the molecule is CCCNC(=O)C(C)N(Cc1ccc(OC)cc1)C(=O)CN(c1ccc(C)cc1C)S(=O)(=O)c1ccc(C)cc1. The van der Waals surface area contributed by atoms with E-state index < -0.39 is 28.5 Å². The van der Waals surface area contributed by atoms with Crippen molar-refractivity contribution in [2.75, 3.05) is 24.5 Å². The first-order valence-electron chi connectivity index (χ1n) is 13.3. The van der Waals surface area contributed by atoms with Gasteiger partial charge in [-0.15, -0.1) is 0 Å². The van der Waals surface area contributed by atoms with E-state index in [0.29, 0.717) is 18.0 Å². The molecule has 0 aromatic heterocycles. The predicted octanol–water partition coefficient (Wildman–Crippen LogP) is 4.76. The zero-order chi connectivity index (χ0) is 29.4. The van der Waals surface area contributed by atoms with Gasteiger partial charge in [-0.05, 0) is 75.6 Å². The average molecular weight is 566 g/mol. The molecule has 0 bridgehead atoms. The van der Waals surface area contributed by atoms with E-state index in [1.54, 1.807) is 56.5 Å². The van der Waals surface area contributed by atoms with E-state index in [4.69, 9.17) is 4.74 Å². The van der Waals surface area contributed by atoms with Crippen LogP contribution in [-0.4, -0.2) is 51.4 Å². The summed E-state index contributed by atoms with van der Waals surface area (Å²) in [7, 11) is -2.54. The Hall–Kier alpha value is -3.85. The molecule has 8 nitrogen and oxygen atoms in total. The predicted molar refractivity (Wildman–Crippen MR) is 158 cm³/mol. The van der Waals surface area contributed by atoms with Crippen LogP contribution in [0.25, 0.3) is 0 Å². The summed E-state index contributed by atoms with van der Waals surface area (Å²) in [6.45, 7) is 9.35. The number of carbonyl (C=O) groups excluding carboxylic acids is 2. The number of amides is 2. The Bertz CT molecular complexity index is 1420. The average Bonchev–Trinajstić information content (AvgIpc) is 2.93. The Balaban J connectivity index is 2.04. The highest BCUT2D eigenvalue weighted by molar-refractivity contribution is 7.92. The van der Waals surface area contributed by atoms with Crippen LogP contribution in [0.5, 0.6) is 5.75 Å². The van der Waals surface area contributed by atoms with Crippen LogP contribution >= 0.6 is 0 Å².